The van der Waals surface area contributed by atoms with Crippen LogP contribution in [0, 0.1) is 0 Å². The molecule has 0 aliphatic carbocycles. The van der Waals surface area contributed by atoms with Crippen LogP contribution in [0.1, 0.15) is 6.92 Å². The Balaban J connectivity index is 3.47. The number of rotatable bonds is 8. The molecule has 0 fully saturated rings. The van der Waals surface area contributed by atoms with Crippen molar-refractivity contribution in [2.75, 3.05) is 19.8 Å². The van der Waals surface area contributed by atoms with Crippen molar-refractivity contribution in [2.24, 2.45) is 0 Å². The first-order chi connectivity index (χ1) is 6.57. The molecule has 5 heteroatoms. The molecule has 0 bridgehead atoms. The maximum Gasteiger partial charge on any atom is 0.320 e. The van der Waals surface area contributed by atoms with Gasteiger partial charge in [0, 0.05) is 6.54 Å². The molecular formula is C9H17NO4. The number of ether oxygens (including phenoxy) is 1. The van der Waals surface area contributed by atoms with Crippen molar-refractivity contribution >= 4 is 5.97 Å². The van der Waals surface area contributed by atoms with Crippen LogP contribution >= 0.6 is 0 Å². The molecule has 0 amide bonds. The summed E-state index contributed by atoms with van der Waals surface area (Å²) in [4.78, 5) is 10.4. The van der Waals surface area contributed by atoms with E-state index >= 15 is 0 Å². The summed E-state index contributed by atoms with van der Waals surface area (Å²) in [6.45, 7) is 5.72. The monoisotopic (exact) mass is 203 g/mol. The summed E-state index contributed by atoms with van der Waals surface area (Å²) in [5, 5.41) is 20.5. The quantitative estimate of drug-likeness (QED) is 0.370. The van der Waals surface area contributed by atoms with Crippen LogP contribution in [0.4, 0.5) is 0 Å². The van der Waals surface area contributed by atoms with Gasteiger partial charge in [0.15, 0.2) is 0 Å². The van der Waals surface area contributed by atoms with E-state index in [9.17, 15) is 9.90 Å². The molecule has 0 aromatic rings. The van der Waals surface area contributed by atoms with Crippen LogP contribution < -0.4 is 5.32 Å². The van der Waals surface area contributed by atoms with Gasteiger partial charge in [-0.15, -0.1) is 6.58 Å². The van der Waals surface area contributed by atoms with E-state index in [1.807, 2.05) is 0 Å². The van der Waals surface area contributed by atoms with Gasteiger partial charge in [0.1, 0.15) is 6.04 Å². The second-order valence-corrected chi connectivity index (χ2v) is 2.95. The molecule has 0 aliphatic heterocycles. The van der Waals surface area contributed by atoms with Crippen molar-refractivity contribution in [1.29, 1.82) is 0 Å². The van der Waals surface area contributed by atoms with Crippen molar-refractivity contribution in [3.05, 3.63) is 12.7 Å². The highest BCUT2D eigenvalue weighted by molar-refractivity contribution is 5.72. The number of hydrogen-bond donors (Lipinski definition) is 3. The molecule has 2 atom stereocenters. The summed E-state index contributed by atoms with van der Waals surface area (Å²) in [6.07, 6.45) is 0.886. The molecule has 1 unspecified atom stereocenters. The second kappa shape index (κ2) is 7.49. The lowest BCUT2D eigenvalue weighted by atomic mass is 10.3. The van der Waals surface area contributed by atoms with Crippen LogP contribution in [-0.2, 0) is 9.53 Å². The molecule has 0 spiro atoms. The molecule has 0 saturated heterocycles. The lowest BCUT2D eigenvalue weighted by Crippen LogP contribution is -2.40. The molecule has 14 heavy (non-hydrogen) atoms. The summed E-state index contributed by atoms with van der Waals surface area (Å²) in [5.74, 6) is -0.941. The lowest BCUT2D eigenvalue weighted by molar-refractivity contribution is -0.139. The number of carbonyl (C=O) groups is 1. The first-order valence-corrected chi connectivity index (χ1v) is 4.40. The van der Waals surface area contributed by atoms with Crippen LogP contribution in [0.15, 0.2) is 12.7 Å². The Kier molecular flexibility index (Phi) is 7.00. The van der Waals surface area contributed by atoms with Gasteiger partial charge in [0.25, 0.3) is 0 Å². The molecule has 0 rings (SSSR count). The predicted octanol–water partition coefficient (Wildman–Crippen LogP) is -0.387. The van der Waals surface area contributed by atoms with Crippen molar-refractivity contribution < 1.29 is 19.7 Å². The molecular weight excluding hydrogens is 186 g/mol. The van der Waals surface area contributed by atoms with Gasteiger partial charge in [-0.05, 0) is 6.92 Å². The highest BCUT2D eigenvalue weighted by atomic mass is 16.5. The van der Waals surface area contributed by atoms with E-state index < -0.39 is 18.1 Å². The average Bonchev–Trinajstić information content (AvgIpc) is 2.14. The summed E-state index contributed by atoms with van der Waals surface area (Å²) < 4.78 is 4.98. The molecule has 0 aromatic carbocycles. The van der Waals surface area contributed by atoms with Crippen molar-refractivity contribution in [3.8, 4) is 0 Å². The molecule has 0 aromatic heterocycles. The molecule has 0 saturated carbocycles. The number of hydrogen-bond acceptors (Lipinski definition) is 4. The Morgan fingerprint density at radius 3 is 2.86 bits per heavy atom. The van der Waals surface area contributed by atoms with Crippen LogP contribution in [0.3, 0.4) is 0 Å². The van der Waals surface area contributed by atoms with E-state index in [-0.39, 0.29) is 13.2 Å². The molecule has 5 nitrogen and oxygen atoms in total. The number of carboxylic acids is 1. The number of carboxylic acid groups (broad SMARTS) is 1. The van der Waals surface area contributed by atoms with Gasteiger partial charge in [-0.25, -0.2) is 0 Å². The Bertz CT molecular complexity index is 184. The lowest BCUT2D eigenvalue weighted by Gasteiger charge is -2.13. The zero-order valence-corrected chi connectivity index (χ0v) is 8.27. The van der Waals surface area contributed by atoms with Gasteiger partial charge in [0.2, 0.25) is 0 Å². The molecule has 0 radical (unpaired) electrons. The van der Waals surface area contributed by atoms with Crippen LogP contribution in [0.2, 0.25) is 0 Å². The fourth-order valence-electron chi connectivity index (χ4n) is 0.746. The third-order valence-corrected chi connectivity index (χ3v) is 1.58. The van der Waals surface area contributed by atoms with Crippen LogP contribution in [0.25, 0.3) is 0 Å². The summed E-state index contributed by atoms with van der Waals surface area (Å²) in [5.41, 5.74) is 0. The topological polar surface area (TPSA) is 78.8 Å². The Morgan fingerprint density at radius 2 is 2.36 bits per heavy atom. The number of nitrogens with one attached hydrogen (secondary N) is 1. The van der Waals surface area contributed by atoms with Gasteiger partial charge < -0.3 is 20.3 Å². The zero-order valence-electron chi connectivity index (χ0n) is 8.27. The Labute approximate surface area is 83.4 Å². The predicted molar refractivity (Wildman–Crippen MR) is 52.1 cm³/mol. The summed E-state index contributed by atoms with van der Waals surface area (Å²) in [6, 6.07) is -0.663. The maximum atomic E-state index is 10.4. The average molecular weight is 203 g/mol. The minimum atomic E-state index is -0.941. The normalized spacial score (nSPS) is 14.7. The van der Waals surface area contributed by atoms with Gasteiger partial charge >= 0.3 is 5.97 Å². The van der Waals surface area contributed by atoms with E-state index in [1.165, 1.54) is 6.92 Å². The minimum Gasteiger partial charge on any atom is -0.480 e. The van der Waals surface area contributed by atoms with Gasteiger partial charge in [-0.1, -0.05) is 6.08 Å². The van der Waals surface area contributed by atoms with E-state index in [2.05, 4.69) is 11.9 Å². The SMILES string of the molecule is C=CCOCC(O)CN[C@@H](C)C(=O)O. The third-order valence-electron chi connectivity index (χ3n) is 1.58. The van der Waals surface area contributed by atoms with Crippen molar-refractivity contribution in [3.63, 3.8) is 0 Å². The first-order valence-electron chi connectivity index (χ1n) is 4.40. The molecule has 0 heterocycles. The molecule has 3 N–H and O–H groups in total. The minimum absolute atomic E-state index is 0.172. The zero-order chi connectivity index (χ0) is 11.0. The summed E-state index contributed by atoms with van der Waals surface area (Å²) in [7, 11) is 0. The largest absolute Gasteiger partial charge is 0.480 e. The Morgan fingerprint density at radius 1 is 1.71 bits per heavy atom. The fourth-order valence-corrected chi connectivity index (χ4v) is 0.746. The highest BCUT2D eigenvalue weighted by Gasteiger charge is 2.11. The van der Waals surface area contributed by atoms with Crippen LogP contribution in [0.5, 0.6) is 0 Å². The smallest absolute Gasteiger partial charge is 0.320 e. The first kappa shape index (κ1) is 13.1. The number of aliphatic hydroxyl groups excluding tert-OH is 1. The fraction of sp³-hybridized carbons (Fsp3) is 0.667. The third kappa shape index (κ3) is 6.59. The van der Waals surface area contributed by atoms with E-state index in [4.69, 9.17) is 9.84 Å². The summed E-state index contributed by atoms with van der Waals surface area (Å²) >= 11 is 0. The standard InChI is InChI=1S/C9H17NO4/c1-3-4-14-6-8(11)5-10-7(2)9(12)13/h3,7-8,10-11H,1,4-6H2,2H3,(H,12,13)/t7-,8?/m0/s1. The van der Waals surface area contributed by atoms with E-state index in [0.717, 1.165) is 0 Å². The van der Waals surface area contributed by atoms with Gasteiger partial charge in [0.05, 0.1) is 19.3 Å². The van der Waals surface area contributed by atoms with Crippen molar-refractivity contribution in [2.45, 2.75) is 19.1 Å². The van der Waals surface area contributed by atoms with Crippen LogP contribution in [-0.4, -0.2) is 48.1 Å². The molecule has 82 valence electrons. The van der Waals surface area contributed by atoms with Gasteiger partial charge in [-0.3, -0.25) is 4.79 Å². The second-order valence-electron chi connectivity index (χ2n) is 2.95. The number of aliphatic carboxylic acids is 1. The Hall–Kier alpha value is -0.910. The highest BCUT2D eigenvalue weighted by Crippen LogP contribution is 1.87. The maximum absolute atomic E-state index is 10.4. The van der Waals surface area contributed by atoms with Gasteiger partial charge in [-0.2, -0.15) is 0 Å². The van der Waals surface area contributed by atoms with Crippen molar-refractivity contribution in [1.82, 2.24) is 5.32 Å². The molecule has 0 aliphatic rings. The van der Waals surface area contributed by atoms with E-state index in [1.54, 1.807) is 6.08 Å². The number of aliphatic hydroxyl groups is 1. The van der Waals surface area contributed by atoms with E-state index in [0.29, 0.717) is 6.61 Å².